The maximum atomic E-state index is 12.4. The van der Waals surface area contributed by atoms with Crippen molar-refractivity contribution >= 4 is 11.6 Å². The lowest BCUT2D eigenvalue weighted by molar-refractivity contribution is -0.145. The van der Waals surface area contributed by atoms with E-state index in [9.17, 15) is 14.7 Å². The maximum absolute atomic E-state index is 12.4. The highest BCUT2D eigenvalue weighted by Gasteiger charge is 2.57. The molecule has 0 aromatic carbocycles. The summed E-state index contributed by atoms with van der Waals surface area (Å²) in [6, 6.07) is 0. The zero-order chi connectivity index (χ0) is 17.0. The molecule has 0 amide bonds. The molecule has 3 nitrogen and oxygen atoms in total. The van der Waals surface area contributed by atoms with E-state index >= 15 is 0 Å². The molecule has 2 fully saturated rings. The molecule has 0 radical (unpaired) electrons. The lowest BCUT2D eigenvalue weighted by Gasteiger charge is -2.58. The highest BCUT2D eigenvalue weighted by atomic mass is 16.3. The zero-order valence-electron chi connectivity index (χ0n) is 14.9. The molecule has 0 aliphatic heterocycles. The molecule has 0 spiro atoms. The van der Waals surface area contributed by atoms with Gasteiger partial charge in [-0.15, -0.1) is 0 Å². The Morgan fingerprint density at radius 1 is 1.17 bits per heavy atom. The van der Waals surface area contributed by atoms with E-state index in [0.717, 1.165) is 32.1 Å². The van der Waals surface area contributed by atoms with Crippen LogP contribution in [0.25, 0.3) is 0 Å². The first-order valence-electron chi connectivity index (χ1n) is 9.04. The molecule has 4 atom stereocenters. The van der Waals surface area contributed by atoms with Crippen LogP contribution >= 0.6 is 0 Å². The van der Waals surface area contributed by atoms with Crippen LogP contribution < -0.4 is 0 Å². The van der Waals surface area contributed by atoms with Crippen LogP contribution in [-0.2, 0) is 9.59 Å². The predicted octanol–water partition coefficient (Wildman–Crippen LogP) is 3.70. The second-order valence-corrected chi connectivity index (χ2v) is 9.05. The molecule has 3 rings (SSSR count). The summed E-state index contributed by atoms with van der Waals surface area (Å²) in [5, 5.41) is 9.27. The van der Waals surface area contributed by atoms with Gasteiger partial charge >= 0.3 is 0 Å². The quantitative estimate of drug-likeness (QED) is 0.790. The first kappa shape index (κ1) is 16.9. The highest BCUT2D eigenvalue weighted by Crippen LogP contribution is 2.62. The van der Waals surface area contributed by atoms with E-state index in [4.69, 9.17) is 0 Å². The van der Waals surface area contributed by atoms with Gasteiger partial charge in [0.25, 0.3) is 0 Å². The molecule has 3 aliphatic rings. The summed E-state index contributed by atoms with van der Waals surface area (Å²) >= 11 is 0. The summed E-state index contributed by atoms with van der Waals surface area (Å²) in [6.45, 7) is 8.24. The molecule has 0 saturated heterocycles. The third-order valence-electron chi connectivity index (χ3n) is 7.48. The fourth-order valence-electron chi connectivity index (χ4n) is 5.93. The summed E-state index contributed by atoms with van der Waals surface area (Å²) < 4.78 is 0. The van der Waals surface area contributed by atoms with Crippen LogP contribution in [0.15, 0.2) is 11.6 Å². The van der Waals surface area contributed by atoms with Crippen molar-refractivity contribution in [2.45, 2.75) is 66.2 Å². The largest absolute Gasteiger partial charge is 0.389 e. The number of fused-ring (bicyclic) bond motifs is 3. The van der Waals surface area contributed by atoms with Gasteiger partial charge in [0.2, 0.25) is 0 Å². The Bertz CT molecular complexity index is 573. The number of aliphatic hydroxyl groups is 1. The van der Waals surface area contributed by atoms with Gasteiger partial charge in [0.1, 0.15) is 12.4 Å². The third kappa shape index (κ3) is 2.34. The SMILES string of the molecule is CC1(C)C(=O)CC[C@@]2(C)[C@@H]3CC[C@](C)(C(=O)CO)C=C3CC[C@H]12. The number of allylic oxidation sites excluding steroid dienone is 2. The summed E-state index contributed by atoms with van der Waals surface area (Å²) in [6.07, 6.45) is 7.70. The molecule has 3 heteroatoms. The Morgan fingerprint density at radius 2 is 1.87 bits per heavy atom. The topological polar surface area (TPSA) is 54.4 Å². The maximum Gasteiger partial charge on any atom is 0.167 e. The van der Waals surface area contributed by atoms with Crippen LogP contribution in [0.2, 0.25) is 0 Å². The van der Waals surface area contributed by atoms with E-state index in [1.165, 1.54) is 5.57 Å². The van der Waals surface area contributed by atoms with E-state index in [0.29, 0.717) is 24.0 Å². The zero-order valence-corrected chi connectivity index (χ0v) is 14.9. The van der Waals surface area contributed by atoms with E-state index < -0.39 is 5.41 Å². The summed E-state index contributed by atoms with van der Waals surface area (Å²) in [5.41, 5.74) is 0.860. The number of carbonyl (C=O) groups is 2. The first-order chi connectivity index (χ1) is 10.6. The van der Waals surface area contributed by atoms with Crippen molar-refractivity contribution in [2.24, 2.45) is 28.1 Å². The van der Waals surface area contributed by atoms with Gasteiger partial charge < -0.3 is 5.11 Å². The molecule has 128 valence electrons. The van der Waals surface area contributed by atoms with Crippen molar-refractivity contribution in [3.63, 3.8) is 0 Å². The van der Waals surface area contributed by atoms with Crippen LogP contribution in [-0.4, -0.2) is 23.3 Å². The van der Waals surface area contributed by atoms with Crippen LogP contribution in [0.5, 0.6) is 0 Å². The lowest BCUT2D eigenvalue weighted by atomic mass is 9.45. The second kappa shape index (κ2) is 5.27. The molecule has 1 N–H and O–H groups in total. The Morgan fingerprint density at radius 3 is 2.52 bits per heavy atom. The number of Topliss-reactive ketones (excluding diaryl/α,β-unsaturated/α-hetero) is 2. The second-order valence-electron chi connectivity index (χ2n) is 9.05. The fraction of sp³-hybridized carbons (Fsp3) is 0.800. The molecule has 23 heavy (non-hydrogen) atoms. The average Bonchev–Trinajstić information content (AvgIpc) is 2.50. The van der Waals surface area contributed by atoms with Gasteiger partial charge in [0.05, 0.1) is 0 Å². The monoisotopic (exact) mass is 318 g/mol. The smallest absolute Gasteiger partial charge is 0.167 e. The first-order valence-corrected chi connectivity index (χ1v) is 9.04. The van der Waals surface area contributed by atoms with Crippen molar-refractivity contribution in [2.75, 3.05) is 6.61 Å². The van der Waals surface area contributed by atoms with Crippen LogP contribution in [0.1, 0.15) is 66.2 Å². The number of ketones is 2. The van der Waals surface area contributed by atoms with Gasteiger partial charge in [0, 0.05) is 17.3 Å². The van der Waals surface area contributed by atoms with Gasteiger partial charge in [-0.1, -0.05) is 32.4 Å². The molecule has 3 aliphatic carbocycles. The number of rotatable bonds is 2. The van der Waals surface area contributed by atoms with E-state index in [1.54, 1.807) is 0 Å². The molecule has 0 aromatic heterocycles. The van der Waals surface area contributed by atoms with Crippen molar-refractivity contribution in [1.29, 1.82) is 0 Å². The molecule has 0 heterocycles. The summed E-state index contributed by atoms with van der Waals surface area (Å²) in [4.78, 5) is 24.5. The Labute approximate surface area is 139 Å². The molecule has 0 bridgehead atoms. The predicted molar refractivity (Wildman–Crippen MR) is 89.9 cm³/mol. The van der Waals surface area contributed by atoms with Crippen molar-refractivity contribution in [1.82, 2.24) is 0 Å². The summed E-state index contributed by atoms with van der Waals surface area (Å²) in [5.74, 6) is 1.29. The minimum Gasteiger partial charge on any atom is -0.389 e. The highest BCUT2D eigenvalue weighted by molar-refractivity contribution is 5.88. The number of aliphatic hydroxyl groups excluding tert-OH is 1. The van der Waals surface area contributed by atoms with E-state index in [1.807, 2.05) is 6.92 Å². The number of hydrogen-bond donors (Lipinski definition) is 1. The molecular formula is C20H30O3. The van der Waals surface area contributed by atoms with Crippen molar-refractivity contribution in [3.05, 3.63) is 11.6 Å². The molecule has 0 aromatic rings. The van der Waals surface area contributed by atoms with Gasteiger partial charge in [-0.05, 0) is 56.3 Å². The number of hydrogen-bond acceptors (Lipinski definition) is 3. The standard InChI is InChI=1S/C20H30O3/c1-18(2)15-6-5-13-11-19(3,17(23)12-21)9-7-14(13)20(15,4)10-8-16(18)22/h11,14-15,21H,5-10,12H2,1-4H3/t14-,15-,19+,20+/m1/s1. The molecular weight excluding hydrogens is 288 g/mol. The minimum absolute atomic E-state index is 0.0603. The van der Waals surface area contributed by atoms with Gasteiger partial charge in [0.15, 0.2) is 5.78 Å². The normalized spacial score (nSPS) is 42.5. The van der Waals surface area contributed by atoms with Crippen molar-refractivity contribution < 1.29 is 14.7 Å². The van der Waals surface area contributed by atoms with Crippen LogP contribution in [0.4, 0.5) is 0 Å². The van der Waals surface area contributed by atoms with E-state index in [-0.39, 0.29) is 23.2 Å². The Kier molecular flexibility index (Phi) is 3.87. The lowest BCUT2D eigenvalue weighted by Crippen LogP contribution is -2.54. The van der Waals surface area contributed by atoms with Gasteiger partial charge in [-0.2, -0.15) is 0 Å². The Hall–Kier alpha value is -0.960. The molecule has 2 saturated carbocycles. The van der Waals surface area contributed by atoms with Gasteiger partial charge in [-0.3, -0.25) is 9.59 Å². The van der Waals surface area contributed by atoms with Gasteiger partial charge in [-0.25, -0.2) is 0 Å². The minimum atomic E-state index is -0.496. The average molecular weight is 318 g/mol. The third-order valence-corrected chi connectivity index (χ3v) is 7.48. The summed E-state index contributed by atoms with van der Waals surface area (Å²) in [7, 11) is 0. The number of carbonyl (C=O) groups excluding carboxylic acids is 2. The van der Waals surface area contributed by atoms with Crippen LogP contribution in [0.3, 0.4) is 0 Å². The van der Waals surface area contributed by atoms with E-state index in [2.05, 4.69) is 26.8 Å². The Balaban J connectivity index is 1.96. The van der Waals surface area contributed by atoms with Crippen LogP contribution in [0, 0.1) is 28.1 Å². The fourth-order valence-corrected chi connectivity index (χ4v) is 5.93. The molecule has 0 unspecified atom stereocenters. The van der Waals surface area contributed by atoms with Crippen molar-refractivity contribution in [3.8, 4) is 0 Å².